The molecule has 9 nitrogen and oxygen atoms in total. The third-order valence-corrected chi connectivity index (χ3v) is 9.37. The van der Waals surface area contributed by atoms with Gasteiger partial charge in [-0.05, 0) is 59.5 Å². The van der Waals surface area contributed by atoms with Crippen LogP contribution in [0.3, 0.4) is 0 Å². The van der Waals surface area contributed by atoms with Crippen molar-refractivity contribution in [1.29, 1.82) is 0 Å². The largest absolute Gasteiger partial charge is 0.370 e. The van der Waals surface area contributed by atoms with Gasteiger partial charge in [0.05, 0.1) is 10.4 Å². The quantitative estimate of drug-likeness (QED) is 0.254. The summed E-state index contributed by atoms with van der Waals surface area (Å²) in [5, 5.41) is 3.68. The smallest absolute Gasteiger partial charge is 0.251 e. The zero-order valence-electron chi connectivity index (χ0n) is 24.2. The number of fused-ring (bicyclic) bond motifs is 2. The van der Waals surface area contributed by atoms with Crippen molar-refractivity contribution in [2.24, 2.45) is 5.73 Å². The van der Waals surface area contributed by atoms with Gasteiger partial charge in [0.2, 0.25) is 5.91 Å². The highest BCUT2D eigenvalue weighted by Gasteiger charge is 2.27. The average Bonchev–Trinajstić information content (AvgIpc) is 3.62. The molecule has 2 amide bonds. The lowest BCUT2D eigenvalue weighted by Crippen LogP contribution is -2.46. The van der Waals surface area contributed by atoms with Crippen molar-refractivity contribution in [3.8, 4) is 11.1 Å². The number of nitrogens with one attached hydrogen (secondary N) is 1. The van der Waals surface area contributed by atoms with E-state index in [0.29, 0.717) is 34.6 Å². The lowest BCUT2D eigenvalue weighted by molar-refractivity contribution is -0.118. The predicted octanol–water partition coefficient (Wildman–Crippen LogP) is 4.80. The Morgan fingerprint density at radius 1 is 0.933 bits per heavy atom. The van der Waals surface area contributed by atoms with Crippen molar-refractivity contribution in [1.82, 2.24) is 20.3 Å². The van der Waals surface area contributed by atoms with Crippen molar-refractivity contribution < 1.29 is 18.4 Å². The normalized spacial score (nSPS) is 15.3. The number of halogens is 2. The Hall–Kier alpha value is -4.97. The molecular weight excluding hydrogens is 596 g/mol. The van der Waals surface area contributed by atoms with Gasteiger partial charge >= 0.3 is 0 Å². The van der Waals surface area contributed by atoms with Crippen LogP contribution < -0.4 is 20.9 Å². The van der Waals surface area contributed by atoms with Crippen LogP contribution in [0.5, 0.6) is 0 Å². The highest BCUT2D eigenvalue weighted by atomic mass is 32.1. The number of anilines is 2. The summed E-state index contributed by atoms with van der Waals surface area (Å²) in [6.45, 7) is 3.66. The summed E-state index contributed by atoms with van der Waals surface area (Å²) in [4.78, 5) is 43.4. The van der Waals surface area contributed by atoms with Gasteiger partial charge in [-0.1, -0.05) is 23.5 Å². The van der Waals surface area contributed by atoms with Crippen LogP contribution in [-0.2, 0) is 17.8 Å². The third-order valence-electron chi connectivity index (χ3n) is 8.32. The number of rotatable bonds is 8. The lowest BCUT2D eigenvalue weighted by Gasteiger charge is -2.35. The number of nitrogens with two attached hydrogens (primary N) is 1. The molecular formula is C33H29F2N7O2S. The number of thiazole rings is 1. The van der Waals surface area contributed by atoms with Crippen LogP contribution in [0, 0.1) is 11.6 Å². The van der Waals surface area contributed by atoms with E-state index in [4.69, 9.17) is 15.7 Å². The molecule has 45 heavy (non-hydrogen) atoms. The monoisotopic (exact) mass is 625 g/mol. The van der Waals surface area contributed by atoms with Crippen molar-refractivity contribution in [2.75, 3.05) is 36.0 Å². The lowest BCUT2D eigenvalue weighted by atomic mass is 9.87. The summed E-state index contributed by atoms with van der Waals surface area (Å²) in [7, 11) is 0. The van der Waals surface area contributed by atoms with Crippen molar-refractivity contribution in [2.45, 2.75) is 25.3 Å². The standard InChI is InChI=1S/C33H29F2N7O2S/c34-23-12-19(13-24(35)16-23)11-22(15-29(36)43)30-26(20-1-2-21-18-38-32(44)27(21)14-20)17-28-31(39-30)40-33(45-28)42-9-7-41(8-10-42)25-3-5-37-6-4-25/h1-6,12-14,16-17,22H,7-11,15,18H2,(H2,36,43)(H,38,44)/t22-/m1/s1. The molecule has 5 heterocycles. The first kappa shape index (κ1) is 28.8. The second-order valence-electron chi connectivity index (χ2n) is 11.3. The number of amides is 2. The molecule has 0 unspecified atom stereocenters. The van der Waals surface area contributed by atoms with Gasteiger partial charge in [-0.3, -0.25) is 14.6 Å². The molecule has 3 N–H and O–H groups in total. The number of aromatic nitrogens is 3. The van der Waals surface area contributed by atoms with Gasteiger partial charge in [0, 0.05) is 80.3 Å². The van der Waals surface area contributed by atoms with E-state index in [2.05, 4.69) is 20.1 Å². The Morgan fingerprint density at radius 3 is 2.40 bits per heavy atom. The van der Waals surface area contributed by atoms with E-state index in [-0.39, 0.29) is 18.7 Å². The molecule has 1 saturated heterocycles. The minimum absolute atomic E-state index is 0.0942. The molecule has 228 valence electrons. The molecule has 7 rings (SSSR count). The maximum Gasteiger partial charge on any atom is 0.251 e. The molecule has 0 radical (unpaired) electrons. The van der Waals surface area contributed by atoms with E-state index < -0.39 is 23.5 Å². The average molecular weight is 626 g/mol. The first-order valence-electron chi connectivity index (χ1n) is 14.7. The van der Waals surface area contributed by atoms with Crippen LogP contribution in [0.15, 0.2) is 67.0 Å². The van der Waals surface area contributed by atoms with Crippen LogP contribution in [-0.4, -0.2) is 52.9 Å². The number of hydrogen-bond acceptors (Lipinski definition) is 8. The van der Waals surface area contributed by atoms with Gasteiger partial charge < -0.3 is 20.9 Å². The number of benzene rings is 2. The van der Waals surface area contributed by atoms with Crippen molar-refractivity contribution in [3.63, 3.8) is 0 Å². The highest BCUT2D eigenvalue weighted by Crippen LogP contribution is 2.39. The second-order valence-corrected chi connectivity index (χ2v) is 12.3. The van der Waals surface area contributed by atoms with Gasteiger partial charge in [-0.15, -0.1) is 0 Å². The number of pyridine rings is 2. The number of nitrogens with zero attached hydrogens (tertiary/aromatic N) is 5. The summed E-state index contributed by atoms with van der Waals surface area (Å²) in [6, 6.07) is 15.0. The molecule has 2 aliphatic rings. The topological polar surface area (TPSA) is 117 Å². The van der Waals surface area contributed by atoms with Crippen LogP contribution in [0.25, 0.3) is 21.5 Å². The van der Waals surface area contributed by atoms with E-state index in [1.807, 2.05) is 36.4 Å². The van der Waals surface area contributed by atoms with Crippen molar-refractivity contribution in [3.05, 3.63) is 101 Å². The fraction of sp³-hybridized carbons (Fsp3) is 0.242. The summed E-state index contributed by atoms with van der Waals surface area (Å²) in [5.74, 6) is -2.73. The Bertz CT molecular complexity index is 1910. The van der Waals surface area contributed by atoms with E-state index in [1.54, 1.807) is 12.4 Å². The maximum atomic E-state index is 14.2. The number of piperazine rings is 1. The highest BCUT2D eigenvalue weighted by molar-refractivity contribution is 7.22. The first-order valence-corrected chi connectivity index (χ1v) is 15.5. The first-order chi connectivity index (χ1) is 21.8. The molecule has 2 aromatic carbocycles. The number of carbonyl (C=O) groups is 2. The van der Waals surface area contributed by atoms with Crippen molar-refractivity contribution >= 4 is 44.3 Å². The van der Waals surface area contributed by atoms with E-state index in [0.717, 1.165) is 58.9 Å². The summed E-state index contributed by atoms with van der Waals surface area (Å²) in [5.41, 5.74) is 11.2. The van der Waals surface area contributed by atoms with Crippen LogP contribution in [0.1, 0.15) is 39.5 Å². The predicted molar refractivity (Wildman–Crippen MR) is 169 cm³/mol. The molecule has 0 aliphatic carbocycles. The summed E-state index contributed by atoms with van der Waals surface area (Å²) in [6.07, 6.45) is 3.62. The van der Waals surface area contributed by atoms with Gasteiger partial charge in [0.1, 0.15) is 11.6 Å². The molecule has 1 fully saturated rings. The Kier molecular flexibility index (Phi) is 7.58. The van der Waals surface area contributed by atoms with E-state index in [9.17, 15) is 18.4 Å². The SMILES string of the molecule is NC(=O)C[C@@H](Cc1cc(F)cc(F)c1)c1nc2nc(N3CCN(c4ccncc4)CC3)sc2cc1-c1ccc2c(c1)C(=O)NC2. The van der Waals surface area contributed by atoms with E-state index >= 15 is 0 Å². The minimum Gasteiger partial charge on any atom is -0.370 e. The van der Waals surface area contributed by atoms with Gasteiger partial charge in [-0.2, -0.15) is 4.98 Å². The van der Waals surface area contributed by atoms with Crippen LogP contribution in [0.4, 0.5) is 19.6 Å². The van der Waals surface area contributed by atoms with Gasteiger partial charge in [0.15, 0.2) is 10.8 Å². The zero-order valence-corrected chi connectivity index (χ0v) is 25.0. The van der Waals surface area contributed by atoms with Gasteiger partial charge in [0.25, 0.3) is 5.91 Å². The van der Waals surface area contributed by atoms with Crippen LogP contribution >= 0.6 is 11.3 Å². The molecule has 0 bridgehead atoms. The Morgan fingerprint density at radius 2 is 1.67 bits per heavy atom. The number of primary amides is 1. The molecule has 0 spiro atoms. The number of carbonyl (C=O) groups excluding carboxylic acids is 2. The fourth-order valence-corrected chi connectivity index (χ4v) is 7.16. The zero-order chi connectivity index (χ0) is 31.1. The van der Waals surface area contributed by atoms with Gasteiger partial charge in [-0.25, -0.2) is 13.8 Å². The number of hydrogen-bond donors (Lipinski definition) is 2. The molecule has 5 aromatic rings. The maximum absolute atomic E-state index is 14.2. The summed E-state index contributed by atoms with van der Waals surface area (Å²) >= 11 is 1.53. The minimum atomic E-state index is -0.704. The Labute approximate surface area is 261 Å². The molecule has 2 aliphatic heterocycles. The Balaban J connectivity index is 1.29. The molecule has 1 atom stereocenters. The second kappa shape index (κ2) is 11.8. The fourth-order valence-electron chi connectivity index (χ4n) is 6.16. The van der Waals surface area contributed by atoms with Crippen LogP contribution in [0.2, 0.25) is 0 Å². The summed E-state index contributed by atoms with van der Waals surface area (Å²) < 4.78 is 29.2. The molecule has 12 heteroatoms. The molecule has 3 aromatic heterocycles. The molecule has 0 saturated carbocycles. The third kappa shape index (κ3) is 5.93. The van der Waals surface area contributed by atoms with E-state index in [1.165, 1.54) is 23.5 Å².